The Morgan fingerprint density at radius 1 is 1.44 bits per heavy atom. The molecular formula is C12H17NO3. The second kappa shape index (κ2) is 4.53. The van der Waals surface area contributed by atoms with Crippen molar-refractivity contribution in [2.24, 2.45) is 5.73 Å². The quantitative estimate of drug-likeness (QED) is 0.813. The van der Waals surface area contributed by atoms with Gasteiger partial charge in [-0.2, -0.15) is 0 Å². The minimum atomic E-state index is -1.27. The van der Waals surface area contributed by atoms with E-state index in [2.05, 4.69) is 0 Å². The fraction of sp³-hybridized carbons (Fsp3) is 0.417. The van der Waals surface area contributed by atoms with Crippen LogP contribution in [0.1, 0.15) is 25.3 Å². The molecule has 0 radical (unpaired) electrons. The molecule has 0 saturated carbocycles. The molecule has 2 atom stereocenters. The van der Waals surface area contributed by atoms with Crippen molar-refractivity contribution in [2.75, 3.05) is 7.11 Å². The third-order valence-electron chi connectivity index (χ3n) is 2.98. The zero-order valence-electron chi connectivity index (χ0n) is 9.73. The normalized spacial score (nSPS) is 16.2. The molecule has 0 aliphatic rings. The van der Waals surface area contributed by atoms with Gasteiger partial charge >= 0.3 is 5.97 Å². The van der Waals surface area contributed by atoms with Crippen molar-refractivity contribution in [3.63, 3.8) is 0 Å². The first-order valence-electron chi connectivity index (χ1n) is 5.05. The van der Waals surface area contributed by atoms with Gasteiger partial charge in [0, 0.05) is 5.92 Å². The lowest BCUT2D eigenvalue weighted by Crippen LogP contribution is -2.49. The number of hydrogen-bond donors (Lipinski definition) is 2. The van der Waals surface area contributed by atoms with Crippen LogP contribution in [0.3, 0.4) is 0 Å². The molecule has 16 heavy (non-hydrogen) atoms. The van der Waals surface area contributed by atoms with Gasteiger partial charge in [0.05, 0.1) is 7.11 Å². The monoisotopic (exact) mass is 223 g/mol. The van der Waals surface area contributed by atoms with Crippen molar-refractivity contribution in [1.82, 2.24) is 0 Å². The summed E-state index contributed by atoms with van der Waals surface area (Å²) < 4.78 is 5.03. The van der Waals surface area contributed by atoms with Crippen molar-refractivity contribution >= 4 is 5.97 Å². The number of methoxy groups -OCH3 is 1. The summed E-state index contributed by atoms with van der Waals surface area (Å²) in [5.74, 6) is -0.531. The van der Waals surface area contributed by atoms with E-state index in [0.29, 0.717) is 0 Å². The van der Waals surface area contributed by atoms with E-state index in [1.807, 2.05) is 12.1 Å². The highest BCUT2D eigenvalue weighted by Gasteiger charge is 2.35. The number of carboxylic acid groups (broad SMARTS) is 1. The lowest BCUT2D eigenvalue weighted by molar-refractivity contribution is -0.143. The SMILES string of the molecule is COc1ccc(C(C)C(C)(N)C(=O)O)cc1. The number of hydrogen-bond acceptors (Lipinski definition) is 3. The van der Waals surface area contributed by atoms with Gasteiger partial charge in [-0.1, -0.05) is 19.1 Å². The van der Waals surface area contributed by atoms with Crippen molar-refractivity contribution in [2.45, 2.75) is 25.3 Å². The van der Waals surface area contributed by atoms with E-state index in [1.165, 1.54) is 6.92 Å². The van der Waals surface area contributed by atoms with E-state index in [-0.39, 0.29) is 5.92 Å². The van der Waals surface area contributed by atoms with Crippen LogP contribution in [0.5, 0.6) is 5.75 Å². The summed E-state index contributed by atoms with van der Waals surface area (Å²) in [6.07, 6.45) is 0. The highest BCUT2D eigenvalue weighted by Crippen LogP contribution is 2.27. The smallest absolute Gasteiger partial charge is 0.324 e. The number of ether oxygens (including phenoxy) is 1. The lowest BCUT2D eigenvalue weighted by Gasteiger charge is -2.27. The molecular weight excluding hydrogens is 206 g/mol. The number of benzene rings is 1. The summed E-state index contributed by atoms with van der Waals surface area (Å²) in [6, 6.07) is 7.25. The molecule has 0 aliphatic heterocycles. The molecule has 4 nitrogen and oxygen atoms in total. The Morgan fingerprint density at radius 3 is 2.31 bits per heavy atom. The first kappa shape index (κ1) is 12.5. The van der Waals surface area contributed by atoms with Crippen LogP contribution in [0.4, 0.5) is 0 Å². The first-order valence-corrected chi connectivity index (χ1v) is 5.05. The molecule has 0 saturated heterocycles. The molecule has 1 rings (SSSR count). The van der Waals surface area contributed by atoms with Crippen LogP contribution in [-0.4, -0.2) is 23.7 Å². The molecule has 0 aromatic heterocycles. The summed E-state index contributed by atoms with van der Waals surface area (Å²) >= 11 is 0. The molecule has 88 valence electrons. The average Bonchev–Trinajstić information content (AvgIpc) is 2.28. The highest BCUT2D eigenvalue weighted by molar-refractivity contribution is 5.79. The van der Waals surface area contributed by atoms with E-state index in [0.717, 1.165) is 11.3 Å². The van der Waals surface area contributed by atoms with E-state index in [9.17, 15) is 4.79 Å². The molecule has 1 aromatic carbocycles. The number of aliphatic carboxylic acids is 1. The fourth-order valence-corrected chi connectivity index (χ4v) is 1.42. The Kier molecular flexibility index (Phi) is 3.55. The van der Waals surface area contributed by atoms with Gasteiger partial charge in [0.1, 0.15) is 11.3 Å². The topological polar surface area (TPSA) is 72.5 Å². The Balaban J connectivity index is 2.96. The Hall–Kier alpha value is -1.55. The van der Waals surface area contributed by atoms with Crippen LogP contribution in [-0.2, 0) is 4.79 Å². The fourth-order valence-electron chi connectivity index (χ4n) is 1.42. The number of nitrogens with two attached hydrogens (primary N) is 1. The van der Waals surface area contributed by atoms with E-state index >= 15 is 0 Å². The largest absolute Gasteiger partial charge is 0.497 e. The van der Waals surface area contributed by atoms with Gasteiger partial charge in [0.2, 0.25) is 0 Å². The van der Waals surface area contributed by atoms with Gasteiger partial charge < -0.3 is 15.6 Å². The van der Waals surface area contributed by atoms with Crippen LogP contribution >= 0.6 is 0 Å². The molecule has 0 heterocycles. The van der Waals surface area contributed by atoms with Gasteiger partial charge in [-0.3, -0.25) is 4.79 Å². The van der Waals surface area contributed by atoms with E-state index in [1.54, 1.807) is 26.2 Å². The molecule has 3 N–H and O–H groups in total. The minimum absolute atomic E-state index is 0.268. The second-order valence-electron chi connectivity index (χ2n) is 4.08. The molecule has 0 amide bonds. The van der Waals surface area contributed by atoms with Gasteiger partial charge in [-0.05, 0) is 24.6 Å². The number of rotatable bonds is 4. The zero-order valence-corrected chi connectivity index (χ0v) is 9.73. The van der Waals surface area contributed by atoms with E-state index < -0.39 is 11.5 Å². The van der Waals surface area contributed by atoms with Crippen LogP contribution in [0.25, 0.3) is 0 Å². The summed E-state index contributed by atoms with van der Waals surface area (Å²) in [5.41, 5.74) is 5.39. The molecule has 2 unspecified atom stereocenters. The summed E-state index contributed by atoms with van der Waals surface area (Å²) in [7, 11) is 1.59. The summed E-state index contributed by atoms with van der Waals surface area (Å²) in [5, 5.41) is 9.02. The number of carboxylic acids is 1. The molecule has 0 bridgehead atoms. The van der Waals surface area contributed by atoms with Crippen molar-refractivity contribution in [1.29, 1.82) is 0 Å². The van der Waals surface area contributed by atoms with Crippen LogP contribution in [0, 0.1) is 0 Å². The second-order valence-corrected chi connectivity index (χ2v) is 4.08. The van der Waals surface area contributed by atoms with Gasteiger partial charge in [-0.15, -0.1) is 0 Å². The van der Waals surface area contributed by atoms with Crippen LogP contribution in [0.2, 0.25) is 0 Å². The van der Waals surface area contributed by atoms with Crippen molar-refractivity contribution < 1.29 is 14.6 Å². The molecule has 1 aromatic rings. The lowest BCUT2D eigenvalue weighted by atomic mass is 9.83. The molecule has 0 fully saturated rings. The highest BCUT2D eigenvalue weighted by atomic mass is 16.5. The molecule has 0 spiro atoms. The van der Waals surface area contributed by atoms with E-state index in [4.69, 9.17) is 15.6 Å². The van der Waals surface area contributed by atoms with Crippen LogP contribution in [0.15, 0.2) is 24.3 Å². The zero-order chi connectivity index (χ0) is 12.3. The molecule has 4 heteroatoms. The average molecular weight is 223 g/mol. The maximum absolute atomic E-state index is 11.0. The predicted molar refractivity (Wildman–Crippen MR) is 61.6 cm³/mol. The maximum atomic E-state index is 11.0. The number of carbonyl (C=O) groups is 1. The molecule has 0 aliphatic carbocycles. The van der Waals surface area contributed by atoms with Crippen molar-refractivity contribution in [3.8, 4) is 5.75 Å². The summed E-state index contributed by atoms with van der Waals surface area (Å²) in [6.45, 7) is 3.32. The predicted octanol–water partition coefficient (Wildman–Crippen LogP) is 1.60. The van der Waals surface area contributed by atoms with Crippen molar-refractivity contribution in [3.05, 3.63) is 29.8 Å². The Morgan fingerprint density at radius 2 is 1.94 bits per heavy atom. The maximum Gasteiger partial charge on any atom is 0.324 e. The Bertz CT molecular complexity index is 370. The Labute approximate surface area is 95.0 Å². The van der Waals surface area contributed by atoms with Gasteiger partial charge in [0.25, 0.3) is 0 Å². The third kappa shape index (κ3) is 2.33. The van der Waals surface area contributed by atoms with Crippen LogP contribution < -0.4 is 10.5 Å². The third-order valence-corrected chi connectivity index (χ3v) is 2.98. The first-order chi connectivity index (χ1) is 7.39. The minimum Gasteiger partial charge on any atom is -0.497 e. The van der Waals surface area contributed by atoms with Gasteiger partial charge in [-0.25, -0.2) is 0 Å². The standard InChI is InChI=1S/C12H17NO3/c1-8(12(2,13)11(14)15)9-4-6-10(16-3)7-5-9/h4-8H,13H2,1-3H3,(H,14,15). The summed E-state index contributed by atoms with van der Waals surface area (Å²) in [4.78, 5) is 11.0. The van der Waals surface area contributed by atoms with Gasteiger partial charge in [0.15, 0.2) is 0 Å².